The van der Waals surface area contributed by atoms with E-state index in [0.717, 1.165) is 38.8 Å². The van der Waals surface area contributed by atoms with E-state index in [4.69, 9.17) is 0 Å². The number of hydrogen-bond donors (Lipinski definition) is 0. The minimum Gasteiger partial charge on any atom is -0.333 e. The minimum atomic E-state index is -0.0460. The number of carbonyl (C=O) groups is 2. The van der Waals surface area contributed by atoms with Crippen LogP contribution in [-0.4, -0.2) is 41.2 Å². The monoisotopic (exact) mass is 422 g/mol. The van der Waals surface area contributed by atoms with Crippen LogP contribution in [0.15, 0.2) is 35.7 Å². The highest BCUT2D eigenvalue weighted by Gasteiger charge is 2.37. The molecular formula is C25H30N2O2S. The summed E-state index contributed by atoms with van der Waals surface area (Å²) in [6.07, 6.45) is 6.40. The zero-order chi connectivity index (χ0) is 20.7. The van der Waals surface area contributed by atoms with Gasteiger partial charge in [-0.3, -0.25) is 9.59 Å². The number of aryl methyl sites for hydroxylation is 1. The molecule has 1 aliphatic heterocycles. The highest BCUT2D eigenvalue weighted by molar-refractivity contribution is 7.10. The van der Waals surface area contributed by atoms with Gasteiger partial charge in [0.1, 0.15) is 0 Å². The lowest BCUT2D eigenvalue weighted by Gasteiger charge is -2.39. The van der Waals surface area contributed by atoms with Gasteiger partial charge < -0.3 is 9.80 Å². The lowest BCUT2D eigenvalue weighted by Crippen LogP contribution is -2.49. The number of benzene rings is 1. The van der Waals surface area contributed by atoms with E-state index in [2.05, 4.69) is 42.6 Å². The number of carbonyl (C=O) groups excluding carboxylic acids is 2. The molecule has 2 heterocycles. The molecule has 30 heavy (non-hydrogen) atoms. The van der Waals surface area contributed by atoms with Gasteiger partial charge in [-0.15, -0.1) is 11.3 Å². The maximum absolute atomic E-state index is 13.6. The van der Waals surface area contributed by atoms with Crippen LogP contribution in [0.3, 0.4) is 0 Å². The van der Waals surface area contributed by atoms with Crippen LogP contribution in [0, 0.1) is 18.8 Å². The molecule has 2 aromatic rings. The Balaban J connectivity index is 1.41. The molecule has 1 aromatic carbocycles. The van der Waals surface area contributed by atoms with Crippen LogP contribution >= 0.6 is 11.3 Å². The Morgan fingerprint density at radius 2 is 1.90 bits per heavy atom. The fraction of sp³-hybridized carbons (Fsp3) is 0.520. The summed E-state index contributed by atoms with van der Waals surface area (Å²) >= 11 is 1.79. The van der Waals surface area contributed by atoms with E-state index in [1.54, 1.807) is 11.3 Å². The largest absolute Gasteiger partial charge is 0.333 e. The summed E-state index contributed by atoms with van der Waals surface area (Å²) in [4.78, 5) is 31.9. The summed E-state index contributed by atoms with van der Waals surface area (Å²) in [5.41, 5.74) is 3.66. The molecule has 3 aliphatic rings. The molecular weight excluding hydrogens is 392 g/mol. The number of fused-ring (bicyclic) bond motifs is 1. The third kappa shape index (κ3) is 3.80. The van der Waals surface area contributed by atoms with E-state index in [0.29, 0.717) is 5.92 Å². The SMILES string of the molecule is Cc1ccccc1[C@@H]1c2ccsc2CCN1C(=O)CN(CC1CC1)C(=O)C1CCC1. The zero-order valence-electron chi connectivity index (χ0n) is 17.7. The van der Waals surface area contributed by atoms with Gasteiger partial charge in [0.2, 0.25) is 11.8 Å². The quantitative estimate of drug-likeness (QED) is 0.684. The van der Waals surface area contributed by atoms with E-state index in [9.17, 15) is 9.59 Å². The fourth-order valence-electron chi connectivity index (χ4n) is 4.83. The van der Waals surface area contributed by atoms with E-state index >= 15 is 0 Å². The third-order valence-electron chi connectivity index (χ3n) is 7.04. The van der Waals surface area contributed by atoms with Gasteiger partial charge in [0.15, 0.2) is 0 Å². The van der Waals surface area contributed by atoms with E-state index < -0.39 is 0 Å². The molecule has 5 rings (SSSR count). The highest BCUT2D eigenvalue weighted by atomic mass is 32.1. The van der Waals surface area contributed by atoms with Crippen molar-refractivity contribution >= 4 is 23.2 Å². The zero-order valence-corrected chi connectivity index (χ0v) is 18.5. The van der Waals surface area contributed by atoms with Gasteiger partial charge >= 0.3 is 0 Å². The first-order valence-electron chi connectivity index (χ1n) is 11.3. The normalized spacial score (nSPS) is 21.1. The lowest BCUT2D eigenvalue weighted by atomic mass is 9.84. The molecule has 2 amide bonds. The summed E-state index contributed by atoms with van der Waals surface area (Å²) < 4.78 is 0. The Kier molecular flexibility index (Phi) is 5.40. The van der Waals surface area contributed by atoms with Gasteiger partial charge in [-0.25, -0.2) is 0 Å². The molecule has 0 unspecified atom stereocenters. The van der Waals surface area contributed by atoms with Crippen LogP contribution in [0.2, 0.25) is 0 Å². The molecule has 0 radical (unpaired) electrons. The second-order valence-corrected chi connectivity index (χ2v) is 10.2. The molecule has 2 saturated carbocycles. The average molecular weight is 423 g/mol. The summed E-state index contributed by atoms with van der Waals surface area (Å²) in [7, 11) is 0. The number of thiophene rings is 1. The van der Waals surface area contributed by atoms with Gasteiger partial charge in [-0.1, -0.05) is 30.7 Å². The van der Waals surface area contributed by atoms with Gasteiger partial charge in [0.05, 0.1) is 12.6 Å². The van der Waals surface area contributed by atoms with Gasteiger partial charge in [0.25, 0.3) is 0 Å². The third-order valence-corrected chi connectivity index (χ3v) is 8.03. The van der Waals surface area contributed by atoms with Crippen molar-refractivity contribution in [2.45, 2.75) is 51.5 Å². The van der Waals surface area contributed by atoms with Gasteiger partial charge in [-0.05, 0) is 73.1 Å². The van der Waals surface area contributed by atoms with Crippen molar-refractivity contribution in [1.82, 2.24) is 9.80 Å². The lowest BCUT2D eigenvalue weighted by molar-refractivity contribution is -0.145. The van der Waals surface area contributed by atoms with Gasteiger partial charge in [-0.2, -0.15) is 0 Å². The molecule has 2 fully saturated rings. The Bertz CT molecular complexity index is 944. The van der Waals surface area contributed by atoms with E-state index in [1.807, 2.05) is 9.80 Å². The molecule has 2 aliphatic carbocycles. The summed E-state index contributed by atoms with van der Waals surface area (Å²) in [5.74, 6) is 1.04. The number of rotatable bonds is 6. The van der Waals surface area contributed by atoms with E-state index in [-0.39, 0.29) is 30.3 Å². The molecule has 1 aromatic heterocycles. The molecule has 1 atom stereocenters. The Hall–Kier alpha value is -2.14. The number of amides is 2. The molecule has 5 heteroatoms. The van der Waals surface area contributed by atoms with Crippen molar-refractivity contribution in [2.75, 3.05) is 19.6 Å². The number of hydrogen-bond acceptors (Lipinski definition) is 3. The summed E-state index contributed by atoms with van der Waals surface area (Å²) in [5, 5.41) is 2.14. The minimum absolute atomic E-state index is 0.0460. The molecule has 0 spiro atoms. The van der Waals surface area contributed by atoms with Crippen molar-refractivity contribution in [3.63, 3.8) is 0 Å². The summed E-state index contributed by atoms with van der Waals surface area (Å²) in [6, 6.07) is 10.5. The van der Waals surface area contributed by atoms with Crippen LogP contribution in [0.25, 0.3) is 0 Å². The van der Waals surface area contributed by atoms with Gasteiger partial charge in [0, 0.05) is 23.9 Å². The van der Waals surface area contributed by atoms with Crippen molar-refractivity contribution < 1.29 is 9.59 Å². The van der Waals surface area contributed by atoms with Crippen LogP contribution in [0.5, 0.6) is 0 Å². The molecule has 4 nitrogen and oxygen atoms in total. The van der Waals surface area contributed by atoms with Crippen molar-refractivity contribution in [2.24, 2.45) is 11.8 Å². The number of nitrogens with zero attached hydrogens (tertiary/aromatic N) is 2. The van der Waals surface area contributed by atoms with Crippen LogP contribution in [0.1, 0.15) is 59.7 Å². The maximum Gasteiger partial charge on any atom is 0.242 e. The Labute approximate surface area is 182 Å². The second-order valence-electron chi connectivity index (χ2n) is 9.19. The topological polar surface area (TPSA) is 40.6 Å². The predicted molar refractivity (Wildman–Crippen MR) is 119 cm³/mol. The van der Waals surface area contributed by atoms with E-state index in [1.165, 1.54) is 34.4 Å². The highest BCUT2D eigenvalue weighted by Crippen LogP contribution is 2.39. The predicted octanol–water partition coefficient (Wildman–Crippen LogP) is 4.57. The first-order valence-corrected chi connectivity index (χ1v) is 12.2. The summed E-state index contributed by atoms with van der Waals surface area (Å²) in [6.45, 7) is 3.83. The maximum atomic E-state index is 13.6. The van der Waals surface area contributed by atoms with Crippen molar-refractivity contribution in [3.05, 3.63) is 57.3 Å². The molecule has 0 saturated heterocycles. The second kappa shape index (κ2) is 8.18. The standard InChI is InChI=1S/C25H30N2O2S/c1-17-5-2-3-8-20(17)24-21-12-14-30-22(21)11-13-27(24)23(28)16-26(15-18-9-10-18)25(29)19-6-4-7-19/h2-3,5,8,12,14,18-19,24H,4,6-7,9-11,13,15-16H2,1H3/t24-/m1/s1. The van der Waals surface area contributed by atoms with Crippen molar-refractivity contribution in [1.29, 1.82) is 0 Å². The molecule has 0 bridgehead atoms. The van der Waals surface area contributed by atoms with Crippen molar-refractivity contribution in [3.8, 4) is 0 Å². The molecule has 158 valence electrons. The Morgan fingerprint density at radius 1 is 1.10 bits per heavy atom. The molecule has 0 N–H and O–H groups in total. The van der Waals surface area contributed by atoms with Crippen LogP contribution in [0.4, 0.5) is 0 Å². The average Bonchev–Trinajstić information content (AvgIpc) is 3.38. The smallest absolute Gasteiger partial charge is 0.242 e. The Morgan fingerprint density at radius 3 is 2.60 bits per heavy atom. The van der Waals surface area contributed by atoms with Crippen LogP contribution < -0.4 is 0 Å². The first-order chi connectivity index (χ1) is 14.6. The van der Waals surface area contributed by atoms with Crippen LogP contribution in [-0.2, 0) is 16.0 Å². The first kappa shape index (κ1) is 19.8. The fourth-order valence-corrected chi connectivity index (χ4v) is 5.73.